The summed E-state index contributed by atoms with van der Waals surface area (Å²) >= 11 is 1.52. The molecule has 1 aliphatic carbocycles. The predicted octanol–water partition coefficient (Wildman–Crippen LogP) is 4.18. The zero-order chi connectivity index (χ0) is 14.0. The van der Waals surface area contributed by atoms with E-state index >= 15 is 0 Å². The summed E-state index contributed by atoms with van der Waals surface area (Å²) in [5, 5.41) is 4.51. The summed E-state index contributed by atoms with van der Waals surface area (Å²) in [4.78, 5) is 12.7. The zero-order valence-corrected chi connectivity index (χ0v) is 12.7. The van der Waals surface area contributed by atoms with Crippen molar-refractivity contribution in [3.63, 3.8) is 0 Å². The number of hydrogen-bond donors (Lipinski definition) is 2. The summed E-state index contributed by atoms with van der Waals surface area (Å²) in [6.45, 7) is 6.84. The highest BCUT2D eigenvalue weighted by atomic mass is 32.1. The van der Waals surface area contributed by atoms with E-state index in [1.165, 1.54) is 35.3 Å². The molecule has 1 heterocycles. The Bertz CT molecular complexity index is 508. The molecule has 0 saturated heterocycles. The minimum Gasteiger partial charge on any atom is -0.397 e. The molecule has 0 aromatic carbocycles. The molecule has 1 aromatic rings. The number of nitrogen functional groups attached to an aromatic ring is 1. The summed E-state index contributed by atoms with van der Waals surface area (Å²) in [6, 6.07) is 0. The second-order valence-electron chi connectivity index (χ2n) is 5.30. The lowest BCUT2D eigenvalue weighted by atomic mass is 10.1. The van der Waals surface area contributed by atoms with Gasteiger partial charge in [0, 0.05) is 18.5 Å². The van der Waals surface area contributed by atoms with Crippen molar-refractivity contribution >= 4 is 27.8 Å². The standard InChI is InChI=1S/C15H22N2OS/c1-4-11(18)14-13(16)12(10-5-6-10)15(19-14)17-8-7-9(2)3/h7,10,17H,4-6,8,16H2,1-3H3. The smallest absolute Gasteiger partial charge is 0.174 e. The first kappa shape index (κ1) is 14.1. The van der Waals surface area contributed by atoms with Crippen LogP contribution in [0.4, 0.5) is 10.7 Å². The molecule has 0 amide bonds. The van der Waals surface area contributed by atoms with Crippen molar-refractivity contribution < 1.29 is 4.79 Å². The highest BCUT2D eigenvalue weighted by molar-refractivity contribution is 7.18. The monoisotopic (exact) mass is 278 g/mol. The molecular formula is C15H22N2OS. The van der Waals surface area contributed by atoms with Crippen LogP contribution in [0.3, 0.4) is 0 Å². The Labute approximate surface area is 118 Å². The molecule has 0 unspecified atom stereocenters. The van der Waals surface area contributed by atoms with Gasteiger partial charge in [-0.05, 0) is 32.6 Å². The van der Waals surface area contributed by atoms with Gasteiger partial charge in [-0.25, -0.2) is 0 Å². The van der Waals surface area contributed by atoms with Crippen molar-refractivity contribution in [2.75, 3.05) is 17.6 Å². The third kappa shape index (κ3) is 3.18. The molecule has 0 aliphatic heterocycles. The molecule has 1 saturated carbocycles. The molecule has 0 spiro atoms. The number of carbonyl (C=O) groups excluding carboxylic acids is 1. The second-order valence-corrected chi connectivity index (χ2v) is 6.32. The maximum atomic E-state index is 11.9. The van der Waals surface area contributed by atoms with Crippen LogP contribution >= 0.6 is 11.3 Å². The molecule has 3 N–H and O–H groups in total. The Balaban J connectivity index is 2.25. The number of Topliss-reactive ketones (excluding diaryl/α,β-unsaturated/α-hetero) is 1. The van der Waals surface area contributed by atoms with Gasteiger partial charge in [0.15, 0.2) is 5.78 Å². The quantitative estimate of drug-likeness (QED) is 0.606. The highest BCUT2D eigenvalue weighted by Crippen LogP contribution is 2.50. The molecule has 0 bridgehead atoms. The highest BCUT2D eigenvalue weighted by Gasteiger charge is 2.32. The lowest BCUT2D eigenvalue weighted by molar-refractivity contribution is 0.0993. The van der Waals surface area contributed by atoms with Crippen LogP contribution in [0.1, 0.15) is 61.2 Å². The molecule has 3 nitrogen and oxygen atoms in total. The Morgan fingerprint density at radius 2 is 2.16 bits per heavy atom. The fourth-order valence-corrected chi connectivity index (χ4v) is 3.31. The Morgan fingerprint density at radius 3 is 2.68 bits per heavy atom. The topological polar surface area (TPSA) is 55.1 Å². The van der Waals surface area contributed by atoms with Gasteiger partial charge < -0.3 is 11.1 Å². The fourth-order valence-electron chi connectivity index (χ4n) is 2.08. The molecule has 2 rings (SSSR count). The van der Waals surface area contributed by atoms with Gasteiger partial charge in [0.1, 0.15) is 0 Å². The third-order valence-corrected chi connectivity index (χ3v) is 4.54. The first-order chi connectivity index (χ1) is 9.04. The number of nitrogens with one attached hydrogen (secondary N) is 1. The maximum absolute atomic E-state index is 11.9. The van der Waals surface area contributed by atoms with Gasteiger partial charge in [-0.2, -0.15) is 0 Å². The number of thiophene rings is 1. The van der Waals surface area contributed by atoms with Crippen LogP contribution in [0.15, 0.2) is 11.6 Å². The molecule has 104 valence electrons. The summed E-state index contributed by atoms with van der Waals surface area (Å²) in [5.74, 6) is 0.712. The lowest BCUT2D eigenvalue weighted by Gasteiger charge is -2.05. The minimum atomic E-state index is 0.152. The van der Waals surface area contributed by atoms with Crippen molar-refractivity contribution in [2.24, 2.45) is 0 Å². The molecule has 1 fully saturated rings. The van der Waals surface area contributed by atoms with Crippen molar-refractivity contribution in [1.82, 2.24) is 0 Å². The number of allylic oxidation sites excluding steroid dienone is 1. The van der Waals surface area contributed by atoms with E-state index in [1.807, 2.05) is 6.92 Å². The van der Waals surface area contributed by atoms with Crippen LogP contribution in [-0.4, -0.2) is 12.3 Å². The number of anilines is 2. The summed E-state index contributed by atoms with van der Waals surface area (Å²) in [7, 11) is 0. The van der Waals surface area contributed by atoms with Crippen LogP contribution in [-0.2, 0) is 0 Å². The molecule has 4 heteroatoms. The molecule has 0 atom stereocenters. The molecule has 19 heavy (non-hydrogen) atoms. The Morgan fingerprint density at radius 1 is 1.47 bits per heavy atom. The number of nitrogens with two attached hydrogens (primary N) is 1. The lowest BCUT2D eigenvalue weighted by Crippen LogP contribution is -2.01. The predicted molar refractivity (Wildman–Crippen MR) is 83.2 cm³/mol. The second kappa shape index (κ2) is 5.78. The molecular weight excluding hydrogens is 256 g/mol. The van der Waals surface area contributed by atoms with Gasteiger partial charge in [-0.3, -0.25) is 4.79 Å². The van der Waals surface area contributed by atoms with Gasteiger partial charge in [0.2, 0.25) is 0 Å². The number of carbonyl (C=O) groups is 1. The number of rotatable bonds is 6. The van der Waals surface area contributed by atoms with Crippen molar-refractivity contribution in [3.05, 3.63) is 22.1 Å². The van der Waals surface area contributed by atoms with Gasteiger partial charge in [-0.1, -0.05) is 18.6 Å². The number of ketones is 1. The van der Waals surface area contributed by atoms with Crippen LogP contribution < -0.4 is 11.1 Å². The van der Waals surface area contributed by atoms with Crippen molar-refractivity contribution in [2.45, 2.75) is 46.0 Å². The van der Waals surface area contributed by atoms with Gasteiger partial charge in [-0.15, -0.1) is 11.3 Å². The average molecular weight is 278 g/mol. The molecule has 1 aliphatic rings. The molecule has 0 radical (unpaired) electrons. The van der Waals surface area contributed by atoms with Gasteiger partial charge in [0.05, 0.1) is 15.6 Å². The first-order valence-electron chi connectivity index (χ1n) is 6.87. The zero-order valence-electron chi connectivity index (χ0n) is 11.9. The van der Waals surface area contributed by atoms with E-state index in [-0.39, 0.29) is 5.78 Å². The average Bonchev–Trinajstić information content (AvgIpc) is 3.13. The minimum absolute atomic E-state index is 0.152. The van der Waals surface area contributed by atoms with E-state index in [2.05, 4.69) is 25.2 Å². The number of hydrogen-bond acceptors (Lipinski definition) is 4. The largest absolute Gasteiger partial charge is 0.397 e. The van der Waals surface area contributed by atoms with E-state index < -0.39 is 0 Å². The fraction of sp³-hybridized carbons (Fsp3) is 0.533. The first-order valence-corrected chi connectivity index (χ1v) is 7.68. The SMILES string of the molecule is CCC(=O)c1sc(NCC=C(C)C)c(C2CC2)c1N. The van der Waals surface area contributed by atoms with Crippen LogP contribution in [0.2, 0.25) is 0 Å². The van der Waals surface area contributed by atoms with Crippen LogP contribution in [0.25, 0.3) is 0 Å². The van der Waals surface area contributed by atoms with E-state index in [4.69, 9.17) is 5.73 Å². The maximum Gasteiger partial charge on any atom is 0.174 e. The van der Waals surface area contributed by atoms with Crippen LogP contribution in [0, 0.1) is 0 Å². The summed E-state index contributed by atoms with van der Waals surface area (Å²) < 4.78 is 0. The van der Waals surface area contributed by atoms with Crippen molar-refractivity contribution in [3.8, 4) is 0 Å². The Kier molecular flexibility index (Phi) is 4.30. The van der Waals surface area contributed by atoms with Crippen molar-refractivity contribution in [1.29, 1.82) is 0 Å². The third-order valence-electron chi connectivity index (χ3n) is 3.32. The Hall–Kier alpha value is -1.29. The summed E-state index contributed by atoms with van der Waals surface area (Å²) in [6.07, 6.45) is 5.05. The van der Waals surface area contributed by atoms with E-state index in [9.17, 15) is 4.79 Å². The van der Waals surface area contributed by atoms with Gasteiger partial charge >= 0.3 is 0 Å². The normalized spacial score (nSPS) is 14.3. The molecule has 1 aromatic heterocycles. The van der Waals surface area contributed by atoms with E-state index in [0.29, 0.717) is 12.3 Å². The van der Waals surface area contributed by atoms with Crippen LogP contribution in [0.5, 0.6) is 0 Å². The van der Waals surface area contributed by atoms with E-state index in [0.717, 1.165) is 22.1 Å². The summed E-state index contributed by atoms with van der Waals surface area (Å²) in [5.41, 5.74) is 9.38. The van der Waals surface area contributed by atoms with E-state index in [1.54, 1.807) is 0 Å². The van der Waals surface area contributed by atoms with Gasteiger partial charge in [0.25, 0.3) is 0 Å².